The van der Waals surface area contributed by atoms with Crippen molar-refractivity contribution in [3.05, 3.63) is 39.4 Å². The van der Waals surface area contributed by atoms with Gasteiger partial charge in [0.2, 0.25) is 5.91 Å². The van der Waals surface area contributed by atoms with Crippen molar-refractivity contribution in [1.82, 2.24) is 5.43 Å². The van der Waals surface area contributed by atoms with Gasteiger partial charge in [-0.05, 0) is 68.6 Å². The minimum atomic E-state index is -0.404. The van der Waals surface area contributed by atoms with Gasteiger partial charge in [0.05, 0.1) is 11.1 Å². The highest BCUT2D eigenvalue weighted by Gasteiger charge is 2.51. The summed E-state index contributed by atoms with van der Waals surface area (Å²) in [5.74, 6) is 2.44. The third kappa shape index (κ3) is 3.37. The first kappa shape index (κ1) is 17.2. The summed E-state index contributed by atoms with van der Waals surface area (Å²) in [4.78, 5) is 23.0. The van der Waals surface area contributed by atoms with E-state index >= 15 is 0 Å². The number of hydrogen-bond donors (Lipinski definition) is 1. The molecule has 5 rings (SSSR count). The summed E-state index contributed by atoms with van der Waals surface area (Å²) >= 11 is 0. The standard InChI is InChI=1S/C20H25N3O3/c1-13-2-3-14(7-18(13)23(25)26)12-21-22-19(24)11-20-8-15-4-16(9-20)6-17(5-15)10-20/h2-3,7,12,15-17H,4-6,8-11H2,1H3,(H,22,24)/b21-12-. The third-order valence-electron chi connectivity index (χ3n) is 6.53. The SMILES string of the molecule is Cc1ccc(/C=N\NC(=O)CC23CC4CC(CC(C4)C2)C3)cc1[N+](=O)[O-]. The molecular formula is C20H25N3O3. The van der Waals surface area contributed by atoms with Crippen molar-refractivity contribution in [1.29, 1.82) is 0 Å². The van der Waals surface area contributed by atoms with Gasteiger partial charge in [0.25, 0.3) is 5.69 Å². The summed E-state index contributed by atoms with van der Waals surface area (Å²) < 4.78 is 0. The molecule has 0 saturated heterocycles. The summed E-state index contributed by atoms with van der Waals surface area (Å²) in [7, 11) is 0. The van der Waals surface area contributed by atoms with Crippen molar-refractivity contribution in [2.24, 2.45) is 28.3 Å². The highest BCUT2D eigenvalue weighted by molar-refractivity contribution is 5.83. The van der Waals surface area contributed by atoms with Crippen LogP contribution < -0.4 is 5.43 Å². The van der Waals surface area contributed by atoms with Crippen LogP contribution in [-0.4, -0.2) is 17.0 Å². The molecule has 1 aromatic carbocycles. The van der Waals surface area contributed by atoms with Crippen LogP contribution in [-0.2, 0) is 4.79 Å². The molecular weight excluding hydrogens is 330 g/mol. The smallest absolute Gasteiger partial charge is 0.272 e. The average molecular weight is 355 g/mol. The summed E-state index contributed by atoms with van der Waals surface area (Å²) in [6.45, 7) is 1.70. The zero-order chi connectivity index (χ0) is 18.3. The van der Waals surface area contributed by atoms with Crippen molar-refractivity contribution < 1.29 is 9.72 Å². The molecule has 6 nitrogen and oxygen atoms in total. The number of hydrazone groups is 1. The topological polar surface area (TPSA) is 84.6 Å². The van der Waals surface area contributed by atoms with Gasteiger partial charge in [-0.1, -0.05) is 12.1 Å². The van der Waals surface area contributed by atoms with Crippen LogP contribution in [0.25, 0.3) is 0 Å². The Hall–Kier alpha value is -2.24. The lowest BCUT2D eigenvalue weighted by Crippen LogP contribution is -2.47. The first-order valence-electron chi connectivity index (χ1n) is 9.49. The number of rotatable bonds is 5. The number of nitrogens with one attached hydrogen (secondary N) is 1. The second kappa shape index (κ2) is 6.49. The number of hydrogen-bond acceptors (Lipinski definition) is 4. The Kier molecular flexibility index (Phi) is 4.29. The van der Waals surface area contributed by atoms with Crippen LogP contribution >= 0.6 is 0 Å². The number of aryl methyl sites for hydroxylation is 1. The zero-order valence-electron chi connectivity index (χ0n) is 15.1. The molecule has 1 amide bonds. The highest BCUT2D eigenvalue weighted by atomic mass is 16.6. The number of carbonyl (C=O) groups is 1. The number of nitro benzene ring substituents is 1. The minimum Gasteiger partial charge on any atom is -0.273 e. The van der Waals surface area contributed by atoms with Gasteiger partial charge in [-0.2, -0.15) is 5.10 Å². The lowest BCUT2D eigenvalue weighted by molar-refractivity contribution is -0.385. The molecule has 26 heavy (non-hydrogen) atoms. The number of amides is 1. The van der Waals surface area contributed by atoms with E-state index in [2.05, 4.69) is 10.5 Å². The van der Waals surface area contributed by atoms with E-state index in [0.29, 0.717) is 17.5 Å². The van der Waals surface area contributed by atoms with Gasteiger partial charge in [0, 0.05) is 23.6 Å². The Balaban J connectivity index is 1.36. The molecule has 0 atom stereocenters. The Morgan fingerprint density at radius 3 is 2.46 bits per heavy atom. The Bertz CT molecular complexity index is 736. The Morgan fingerprint density at radius 2 is 1.88 bits per heavy atom. The maximum absolute atomic E-state index is 12.4. The molecule has 0 aliphatic heterocycles. The second-order valence-electron chi connectivity index (χ2n) is 8.69. The van der Waals surface area contributed by atoms with Crippen molar-refractivity contribution in [3.63, 3.8) is 0 Å². The van der Waals surface area contributed by atoms with E-state index < -0.39 is 4.92 Å². The van der Waals surface area contributed by atoms with Gasteiger partial charge in [-0.25, -0.2) is 5.43 Å². The van der Waals surface area contributed by atoms with E-state index in [1.54, 1.807) is 19.1 Å². The predicted octanol–water partition coefficient (Wildman–Crippen LogP) is 3.96. The maximum Gasteiger partial charge on any atom is 0.272 e. The molecule has 4 fully saturated rings. The molecule has 4 bridgehead atoms. The van der Waals surface area contributed by atoms with E-state index in [1.807, 2.05) is 0 Å². The van der Waals surface area contributed by atoms with Crippen molar-refractivity contribution in [2.75, 3.05) is 0 Å². The van der Waals surface area contributed by atoms with Crippen LogP contribution in [0.2, 0.25) is 0 Å². The molecule has 0 aromatic heterocycles. The van der Waals surface area contributed by atoms with Crippen LogP contribution in [0.1, 0.15) is 56.1 Å². The van der Waals surface area contributed by atoms with Crippen molar-refractivity contribution in [3.8, 4) is 0 Å². The van der Waals surface area contributed by atoms with Gasteiger partial charge < -0.3 is 0 Å². The Morgan fingerprint density at radius 1 is 1.27 bits per heavy atom. The van der Waals surface area contributed by atoms with Crippen molar-refractivity contribution >= 4 is 17.8 Å². The third-order valence-corrected chi connectivity index (χ3v) is 6.53. The maximum atomic E-state index is 12.4. The van der Waals surface area contributed by atoms with E-state index in [4.69, 9.17) is 0 Å². The lowest BCUT2D eigenvalue weighted by Gasteiger charge is -2.56. The molecule has 0 heterocycles. The normalized spacial score (nSPS) is 32.1. The lowest BCUT2D eigenvalue weighted by atomic mass is 9.49. The van der Waals surface area contributed by atoms with Crippen LogP contribution in [0.3, 0.4) is 0 Å². The predicted molar refractivity (Wildman–Crippen MR) is 98.8 cm³/mol. The summed E-state index contributed by atoms with van der Waals surface area (Å²) in [6.07, 6.45) is 9.72. The van der Waals surface area contributed by atoms with Crippen LogP contribution in [0.4, 0.5) is 5.69 Å². The minimum absolute atomic E-state index is 0.0372. The van der Waals surface area contributed by atoms with Crippen molar-refractivity contribution in [2.45, 2.75) is 51.9 Å². The van der Waals surface area contributed by atoms with Gasteiger partial charge in [0.1, 0.15) is 0 Å². The largest absolute Gasteiger partial charge is 0.273 e. The quantitative estimate of drug-likeness (QED) is 0.493. The van der Waals surface area contributed by atoms with E-state index in [0.717, 1.165) is 17.8 Å². The van der Waals surface area contributed by atoms with Crippen LogP contribution in [0.5, 0.6) is 0 Å². The van der Waals surface area contributed by atoms with Gasteiger partial charge >= 0.3 is 0 Å². The first-order chi connectivity index (χ1) is 12.4. The Labute approximate surface area is 153 Å². The number of carbonyl (C=O) groups excluding carboxylic acids is 1. The van der Waals surface area contributed by atoms with Crippen LogP contribution in [0, 0.1) is 40.2 Å². The molecule has 1 N–H and O–H groups in total. The summed E-state index contributed by atoms with van der Waals surface area (Å²) in [5.41, 5.74) is 4.10. The van der Waals surface area contributed by atoms with Gasteiger partial charge in [-0.15, -0.1) is 0 Å². The molecule has 6 heteroatoms. The molecule has 4 saturated carbocycles. The second-order valence-corrected chi connectivity index (χ2v) is 8.69. The fourth-order valence-corrected chi connectivity index (χ4v) is 5.97. The number of nitro groups is 1. The number of nitrogens with zero attached hydrogens (tertiary/aromatic N) is 2. The number of benzene rings is 1. The molecule has 4 aliphatic carbocycles. The van der Waals surface area contributed by atoms with Crippen LogP contribution in [0.15, 0.2) is 23.3 Å². The fourth-order valence-electron chi connectivity index (χ4n) is 5.97. The van der Waals surface area contributed by atoms with E-state index in [1.165, 1.54) is 50.8 Å². The summed E-state index contributed by atoms with van der Waals surface area (Å²) in [5, 5.41) is 15.0. The van der Waals surface area contributed by atoms with E-state index in [-0.39, 0.29) is 17.0 Å². The molecule has 4 aliphatic rings. The zero-order valence-corrected chi connectivity index (χ0v) is 15.1. The monoisotopic (exact) mass is 355 g/mol. The van der Waals surface area contributed by atoms with Gasteiger partial charge in [0.15, 0.2) is 0 Å². The molecule has 138 valence electrons. The first-order valence-corrected chi connectivity index (χ1v) is 9.49. The van der Waals surface area contributed by atoms with Gasteiger partial charge in [-0.3, -0.25) is 14.9 Å². The average Bonchev–Trinajstić information content (AvgIpc) is 2.54. The molecule has 0 spiro atoms. The van der Waals surface area contributed by atoms with E-state index in [9.17, 15) is 14.9 Å². The fraction of sp³-hybridized carbons (Fsp3) is 0.600. The highest BCUT2D eigenvalue weighted by Crippen LogP contribution is 2.61. The molecule has 0 radical (unpaired) electrons. The molecule has 0 unspecified atom stereocenters. The molecule has 1 aromatic rings. The summed E-state index contributed by atoms with van der Waals surface area (Å²) in [6, 6.07) is 4.93.